The summed E-state index contributed by atoms with van der Waals surface area (Å²) in [6.07, 6.45) is 4.84. The van der Waals surface area contributed by atoms with E-state index in [-0.39, 0.29) is 5.91 Å². The summed E-state index contributed by atoms with van der Waals surface area (Å²) < 4.78 is 1.92. The van der Waals surface area contributed by atoms with E-state index < -0.39 is 0 Å². The summed E-state index contributed by atoms with van der Waals surface area (Å²) in [6.45, 7) is 1.83. The van der Waals surface area contributed by atoms with Gasteiger partial charge in [-0.1, -0.05) is 6.92 Å². The summed E-state index contributed by atoms with van der Waals surface area (Å²) in [4.78, 5) is 11.0. The second kappa shape index (κ2) is 3.20. The third-order valence-electron chi connectivity index (χ3n) is 2.12. The first kappa shape index (κ1) is 8.29. The topological polar surface area (TPSA) is 46.9 Å². The fourth-order valence-corrected chi connectivity index (χ4v) is 1.18. The normalized spacial score (nSPS) is 15.8. The first-order valence-electron chi connectivity index (χ1n) is 4.64. The zero-order chi connectivity index (χ0) is 9.26. The molecule has 0 aliphatic heterocycles. The second-order valence-electron chi connectivity index (χ2n) is 3.31. The van der Waals surface area contributed by atoms with E-state index in [0.717, 1.165) is 0 Å². The highest BCUT2D eigenvalue weighted by molar-refractivity contribution is 5.89. The molecule has 70 valence electrons. The maximum absolute atomic E-state index is 11.0. The van der Waals surface area contributed by atoms with E-state index in [1.807, 2.05) is 23.9 Å². The van der Waals surface area contributed by atoms with Crippen LogP contribution in [-0.4, -0.2) is 15.7 Å². The van der Waals surface area contributed by atoms with Crippen LogP contribution in [0.5, 0.6) is 0 Å². The molecule has 0 spiro atoms. The zero-order valence-corrected chi connectivity index (χ0v) is 7.66. The number of rotatable bonds is 3. The first-order chi connectivity index (χ1) is 6.29. The number of amides is 1. The van der Waals surface area contributed by atoms with Crippen molar-refractivity contribution in [2.75, 3.05) is 5.32 Å². The Morgan fingerprint density at radius 1 is 1.77 bits per heavy atom. The van der Waals surface area contributed by atoms with E-state index >= 15 is 0 Å². The lowest BCUT2D eigenvalue weighted by molar-refractivity contribution is -0.115. The Hall–Kier alpha value is -1.32. The van der Waals surface area contributed by atoms with Gasteiger partial charge in [0.15, 0.2) is 5.82 Å². The molecule has 1 amide bonds. The summed E-state index contributed by atoms with van der Waals surface area (Å²) >= 11 is 0. The number of carbonyl (C=O) groups excluding carboxylic acids is 1. The van der Waals surface area contributed by atoms with Crippen molar-refractivity contribution in [1.29, 1.82) is 0 Å². The van der Waals surface area contributed by atoms with Crippen LogP contribution in [0.3, 0.4) is 0 Å². The average molecular weight is 179 g/mol. The van der Waals surface area contributed by atoms with E-state index in [0.29, 0.717) is 18.3 Å². The Morgan fingerprint density at radius 3 is 3.15 bits per heavy atom. The van der Waals surface area contributed by atoms with Gasteiger partial charge in [-0.25, -0.2) is 0 Å². The smallest absolute Gasteiger partial charge is 0.225 e. The van der Waals surface area contributed by atoms with Crippen molar-refractivity contribution in [3.63, 3.8) is 0 Å². The molecule has 1 aromatic heterocycles. The van der Waals surface area contributed by atoms with Gasteiger partial charge in [-0.15, -0.1) is 0 Å². The number of carbonyl (C=O) groups is 1. The summed E-state index contributed by atoms with van der Waals surface area (Å²) in [6, 6.07) is 2.42. The Bertz CT molecular complexity index is 314. The van der Waals surface area contributed by atoms with Crippen LogP contribution in [-0.2, 0) is 4.79 Å². The quantitative estimate of drug-likeness (QED) is 0.765. The lowest BCUT2D eigenvalue weighted by atomic mass is 10.4. The highest BCUT2D eigenvalue weighted by Gasteiger charge is 2.24. The number of nitrogens with zero attached hydrogens (tertiary/aromatic N) is 2. The van der Waals surface area contributed by atoms with Crippen molar-refractivity contribution in [3.8, 4) is 0 Å². The number of anilines is 1. The fraction of sp³-hybridized carbons (Fsp3) is 0.556. The van der Waals surface area contributed by atoms with Crippen LogP contribution in [0.4, 0.5) is 5.82 Å². The zero-order valence-electron chi connectivity index (χ0n) is 7.66. The monoisotopic (exact) mass is 179 g/mol. The summed E-state index contributed by atoms with van der Waals surface area (Å²) in [5.41, 5.74) is 0. The second-order valence-corrected chi connectivity index (χ2v) is 3.31. The van der Waals surface area contributed by atoms with Gasteiger partial charge in [0.1, 0.15) is 0 Å². The summed E-state index contributed by atoms with van der Waals surface area (Å²) in [7, 11) is 0. The van der Waals surface area contributed by atoms with Crippen LogP contribution >= 0.6 is 0 Å². The molecule has 1 saturated carbocycles. The van der Waals surface area contributed by atoms with Crippen LogP contribution in [0.2, 0.25) is 0 Å². The molecule has 1 aliphatic carbocycles. The molecule has 1 aromatic rings. The molecule has 1 aliphatic rings. The molecule has 4 nitrogen and oxygen atoms in total. The predicted octanol–water partition coefficient (Wildman–Crippen LogP) is 1.57. The molecular formula is C9H13N3O. The Labute approximate surface area is 76.9 Å². The van der Waals surface area contributed by atoms with Crippen molar-refractivity contribution < 1.29 is 4.79 Å². The number of hydrogen-bond donors (Lipinski definition) is 1. The summed E-state index contributed by atoms with van der Waals surface area (Å²) in [5.74, 6) is 0.680. The van der Waals surface area contributed by atoms with Gasteiger partial charge in [-0.3, -0.25) is 9.48 Å². The Morgan fingerprint density at radius 2 is 2.54 bits per heavy atom. The van der Waals surface area contributed by atoms with E-state index in [1.54, 1.807) is 0 Å². The molecule has 0 bridgehead atoms. The SMILES string of the molecule is CCC(=O)Nc1ccn(C2CC2)n1. The van der Waals surface area contributed by atoms with E-state index in [1.165, 1.54) is 12.8 Å². The molecule has 1 heterocycles. The van der Waals surface area contributed by atoms with Gasteiger partial charge in [-0.05, 0) is 12.8 Å². The molecule has 13 heavy (non-hydrogen) atoms. The van der Waals surface area contributed by atoms with Gasteiger partial charge in [0, 0.05) is 18.7 Å². The van der Waals surface area contributed by atoms with Crippen LogP contribution in [0.25, 0.3) is 0 Å². The lowest BCUT2D eigenvalue weighted by Crippen LogP contribution is -2.10. The lowest BCUT2D eigenvalue weighted by Gasteiger charge is -1.98. The van der Waals surface area contributed by atoms with Crippen LogP contribution < -0.4 is 5.32 Å². The van der Waals surface area contributed by atoms with E-state index in [9.17, 15) is 4.79 Å². The third kappa shape index (κ3) is 1.88. The first-order valence-corrected chi connectivity index (χ1v) is 4.64. The maximum Gasteiger partial charge on any atom is 0.225 e. The summed E-state index contributed by atoms with van der Waals surface area (Å²) in [5, 5.41) is 6.97. The van der Waals surface area contributed by atoms with Crippen molar-refractivity contribution in [2.45, 2.75) is 32.2 Å². The highest BCUT2D eigenvalue weighted by Crippen LogP contribution is 2.34. The van der Waals surface area contributed by atoms with Crippen molar-refractivity contribution in [1.82, 2.24) is 9.78 Å². The van der Waals surface area contributed by atoms with Crippen molar-refractivity contribution in [2.24, 2.45) is 0 Å². The van der Waals surface area contributed by atoms with E-state index in [4.69, 9.17) is 0 Å². The molecule has 1 fully saturated rings. The molecule has 2 rings (SSSR count). The molecule has 0 saturated heterocycles. The van der Waals surface area contributed by atoms with Gasteiger partial charge >= 0.3 is 0 Å². The molecule has 4 heteroatoms. The molecule has 0 radical (unpaired) electrons. The number of aromatic nitrogens is 2. The van der Waals surface area contributed by atoms with Gasteiger partial charge in [0.2, 0.25) is 5.91 Å². The largest absolute Gasteiger partial charge is 0.309 e. The van der Waals surface area contributed by atoms with Crippen LogP contribution in [0, 0.1) is 0 Å². The third-order valence-corrected chi connectivity index (χ3v) is 2.12. The molecular weight excluding hydrogens is 166 g/mol. The minimum atomic E-state index is 0.0149. The fourth-order valence-electron chi connectivity index (χ4n) is 1.18. The number of hydrogen-bond acceptors (Lipinski definition) is 2. The molecule has 0 aromatic carbocycles. The minimum absolute atomic E-state index is 0.0149. The van der Waals surface area contributed by atoms with Gasteiger partial charge < -0.3 is 5.32 Å². The van der Waals surface area contributed by atoms with E-state index in [2.05, 4.69) is 10.4 Å². The van der Waals surface area contributed by atoms with Gasteiger partial charge in [0.05, 0.1) is 6.04 Å². The predicted molar refractivity (Wildman–Crippen MR) is 49.4 cm³/mol. The minimum Gasteiger partial charge on any atom is -0.309 e. The van der Waals surface area contributed by atoms with Crippen LogP contribution in [0.15, 0.2) is 12.3 Å². The van der Waals surface area contributed by atoms with Crippen molar-refractivity contribution in [3.05, 3.63) is 12.3 Å². The van der Waals surface area contributed by atoms with Crippen LogP contribution in [0.1, 0.15) is 32.2 Å². The van der Waals surface area contributed by atoms with Gasteiger partial charge in [0.25, 0.3) is 0 Å². The van der Waals surface area contributed by atoms with Gasteiger partial charge in [-0.2, -0.15) is 5.10 Å². The molecule has 0 unspecified atom stereocenters. The Kier molecular flexibility index (Phi) is 2.04. The highest BCUT2D eigenvalue weighted by atomic mass is 16.1. The Balaban J connectivity index is 2.00. The standard InChI is InChI=1S/C9H13N3O/c1-2-9(13)10-8-5-6-12(11-8)7-3-4-7/h5-7H,2-4H2,1H3,(H,10,11,13). The average Bonchev–Trinajstić information content (AvgIpc) is 2.88. The van der Waals surface area contributed by atoms with Crippen molar-refractivity contribution >= 4 is 11.7 Å². The molecule has 0 atom stereocenters. The maximum atomic E-state index is 11.0. The molecule has 1 N–H and O–H groups in total. The number of nitrogens with one attached hydrogen (secondary N) is 1.